The van der Waals surface area contributed by atoms with E-state index in [1.165, 1.54) is 37.8 Å². The molecule has 0 N–H and O–H groups in total. The summed E-state index contributed by atoms with van der Waals surface area (Å²) in [6.45, 7) is 4.47. The molecular formula is C16H23FN. The van der Waals surface area contributed by atoms with Gasteiger partial charge in [0.2, 0.25) is 0 Å². The Morgan fingerprint density at radius 1 is 1.28 bits per heavy atom. The second-order valence-electron chi connectivity index (χ2n) is 5.21. The van der Waals surface area contributed by atoms with Crippen molar-refractivity contribution in [2.24, 2.45) is 0 Å². The summed E-state index contributed by atoms with van der Waals surface area (Å²) in [5.41, 5.74) is 1.24. The van der Waals surface area contributed by atoms with Crippen molar-refractivity contribution in [3.63, 3.8) is 0 Å². The minimum absolute atomic E-state index is 0.143. The van der Waals surface area contributed by atoms with Crippen molar-refractivity contribution >= 4 is 0 Å². The van der Waals surface area contributed by atoms with Crippen molar-refractivity contribution in [3.8, 4) is 0 Å². The van der Waals surface area contributed by atoms with Crippen LogP contribution in [0, 0.1) is 12.2 Å². The normalized spacial score (nSPS) is 21.1. The first-order valence-corrected chi connectivity index (χ1v) is 7.06. The molecular weight excluding hydrogens is 225 g/mol. The number of benzene rings is 1. The molecule has 0 aromatic heterocycles. The summed E-state index contributed by atoms with van der Waals surface area (Å²) < 4.78 is 12.8. The van der Waals surface area contributed by atoms with Gasteiger partial charge in [-0.05, 0) is 56.3 Å². The fourth-order valence-corrected chi connectivity index (χ4v) is 2.82. The zero-order valence-electron chi connectivity index (χ0n) is 11.2. The number of halogens is 1. The van der Waals surface area contributed by atoms with Gasteiger partial charge < -0.3 is 4.90 Å². The zero-order chi connectivity index (χ0) is 12.8. The molecule has 1 aromatic rings. The molecule has 1 aliphatic heterocycles. The number of piperidine rings is 1. The van der Waals surface area contributed by atoms with Gasteiger partial charge in [-0.1, -0.05) is 25.5 Å². The fourth-order valence-electron chi connectivity index (χ4n) is 2.82. The lowest BCUT2D eigenvalue weighted by Crippen LogP contribution is -2.40. The van der Waals surface area contributed by atoms with Crippen LogP contribution in [0.2, 0.25) is 0 Å². The molecule has 99 valence electrons. The topological polar surface area (TPSA) is 3.24 Å². The van der Waals surface area contributed by atoms with Gasteiger partial charge >= 0.3 is 0 Å². The van der Waals surface area contributed by atoms with Crippen molar-refractivity contribution in [2.75, 3.05) is 13.1 Å². The van der Waals surface area contributed by atoms with Gasteiger partial charge in [0.25, 0.3) is 0 Å². The molecule has 1 aromatic carbocycles. The first-order valence-electron chi connectivity index (χ1n) is 7.06. The van der Waals surface area contributed by atoms with Crippen LogP contribution in [-0.4, -0.2) is 24.0 Å². The van der Waals surface area contributed by atoms with E-state index in [1.54, 1.807) is 12.1 Å². The highest BCUT2D eigenvalue weighted by molar-refractivity contribution is 5.16. The number of hydrogen-bond donors (Lipinski definition) is 0. The maximum atomic E-state index is 12.8. The molecule has 1 nitrogen and oxygen atoms in total. The monoisotopic (exact) mass is 248 g/mol. The molecule has 1 radical (unpaired) electrons. The van der Waals surface area contributed by atoms with Crippen LogP contribution in [-0.2, 0) is 6.42 Å². The molecule has 1 aliphatic rings. The summed E-state index contributed by atoms with van der Waals surface area (Å²) in [5.74, 6) is -0.143. The van der Waals surface area contributed by atoms with Crippen LogP contribution in [0.25, 0.3) is 0 Å². The van der Waals surface area contributed by atoms with Crippen LogP contribution in [0.15, 0.2) is 24.3 Å². The van der Waals surface area contributed by atoms with Gasteiger partial charge in [-0.15, -0.1) is 0 Å². The fraction of sp³-hybridized carbons (Fsp3) is 0.562. The molecule has 0 spiro atoms. The van der Waals surface area contributed by atoms with Crippen LogP contribution >= 0.6 is 0 Å². The minimum Gasteiger partial charge on any atom is -0.300 e. The maximum absolute atomic E-state index is 12.8. The van der Waals surface area contributed by atoms with Gasteiger partial charge in [-0.3, -0.25) is 0 Å². The quantitative estimate of drug-likeness (QED) is 0.765. The van der Waals surface area contributed by atoms with Crippen molar-refractivity contribution in [3.05, 3.63) is 42.1 Å². The third-order valence-electron chi connectivity index (χ3n) is 3.86. The molecule has 0 amide bonds. The summed E-state index contributed by atoms with van der Waals surface area (Å²) in [6, 6.07) is 7.65. The van der Waals surface area contributed by atoms with E-state index in [1.807, 2.05) is 12.1 Å². The Morgan fingerprint density at radius 3 is 2.78 bits per heavy atom. The van der Waals surface area contributed by atoms with Gasteiger partial charge in [0.05, 0.1) is 0 Å². The van der Waals surface area contributed by atoms with E-state index in [2.05, 4.69) is 18.2 Å². The molecule has 18 heavy (non-hydrogen) atoms. The van der Waals surface area contributed by atoms with E-state index in [0.717, 1.165) is 19.0 Å². The Labute approximate surface area is 110 Å². The summed E-state index contributed by atoms with van der Waals surface area (Å²) in [4.78, 5) is 2.60. The van der Waals surface area contributed by atoms with E-state index in [0.29, 0.717) is 0 Å². The highest BCUT2D eigenvalue weighted by Gasteiger charge is 2.20. The van der Waals surface area contributed by atoms with E-state index in [-0.39, 0.29) is 5.82 Å². The molecule has 1 saturated heterocycles. The molecule has 2 heteroatoms. The number of nitrogens with zero attached hydrogens (tertiary/aromatic N) is 1. The third-order valence-corrected chi connectivity index (χ3v) is 3.86. The van der Waals surface area contributed by atoms with E-state index < -0.39 is 0 Å². The van der Waals surface area contributed by atoms with E-state index in [9.17, 15) is 4.39 Å². The average Bonchev–Trinajstić information content (AvgIpc) is 2.40. The van der Waals surface area contributed by atoms with Crippen molar-refractivity contribution in [1.82, 2.24) is 4.90 Å². The molecule has 1 heterocycles. The number of rotatable bonds is 5. The molecule has 0 bridgehead atoms. The Morgan fingerprint density at radius 2 is 2.06 bits per heavy atom. The van der Waals surface area contributed by atoms with Crippen molar-refractivity contribution in [1.29, 1.82) is 0 Å². The summed E-state index contributed by atoms with van der Waals surface area (Å²) >= 11 is 0. The van der Waals surface area contributed by atoms with E-state index >= 15 is 0 Å². The second kappa shape index (κ2) is 6.89. The third kappa shape index (κ3) is 3.81. The zero-order valence-corrected chi connectivity index (χ0v) is 11.2. The van der Waals surface area contributed by atoms with Gasteiger partial charge in [-0.25, -0.2) is 4.39 Å². The molecule has 1 atom stereocenters. The summed E-state index contributed by atoms with van der Waals surface area (Å²) in [7, 11) is 0. The Balaban J connectivity index is 1.85. The summed E-state index contributed by atoms with van der Waals surface area (Å²) in [5, 5.41) is 0. The molecule has 0 aliphatic carbocycles. The van der Waals surface area contributed by atoms with Crippen LogP contribution in [0.4, 0.5) is 4.39 Å². The minimum atomic E-state index is -0.143. The van der Waals surface area contributed by atoms with Gasteiger partial charge in [0.15, 0.2) is 0 Å². The Kier molecular flexibility index (Phi) is 5.18. The average molecular weight is 248 g/mol. The summed E-state index contributed by atoms with van der Waals surface area (Å²) in [6.07, 6.45) is 8.52. The highest BCUT2D eigenvalue weighted by Crippen LogP contribution is 2.20. The van der Waals surface area contributed by atoms with Crippen LogP contribution in [0.5, 0.6) is 0 Å². The van der Waals surface area contributed by atoms with Crippen molar-refractivity contribution < 1.29 is 4.39 Å². The molecule has 2 rings (SSSR count). The first-order chi connectivity index (χ1) is 8.79. The molecule has 1 unspecified atom stereocenters. The predicted molar refractivity (Wildman–Crippen MR) is 73.9 cm³/mol. The van der Waals surface area contributed by atoms with Gasteiger partial charge in [0, 0.05) is 12.6 Å². The highest BCUT2D eigenvalue weighted by atomic mass is 19.1. The Hall–Kier alpha value is -0.890. The predicted octanol–water partition coefficient (Wildman–Crippen LogP) is 3.84. The van der Waals surface area contributed by atoms with Gasteiger partial charge in [-0.2, -0.15) is 0 Å². The van der Waals surface area contributed by atoms with Crippen molar-refractivity contribution in [2.45, 2.75) is 45.1 Å². The van der Waals surface area contributed by atoms with Crippen LogP contribution in [0.1, 0.15) is 38.2 Å². The Bertz CT molecular complexity index is 345. The SMILES string of the molecule is C[CH]CC1CCCCN1CCc1ccc(F)cc1. The smallest absolute Gasteiger partial charge is 0.123 e. The largest absolute Gasteiger partial charge is 0.300 e. The lowest BCUT2D eigenvalue weighted by molar-refractivity contribution is 0.148. The molecule has 0 saturated carbocycles. The second-order valence-corrected chi connectivity index (χ2v) is 5.21. The number of hydrogen-bond acceptors (Lipinski definition) is 1. The van der Waals surface area contributed by atoms with E-state index in [4.69, 9.17) is 0 Å². The van der Waals surface area contributed by atoms with Gasteiger partial charge in [0.1, 0.15) is 5.82 Å². The lowest BCUT2D eigenvalue weighted by atomic mass is 9.97. The first kappa shape index (κ1) is 13.5. The number of likely N-dealkylation sites (tertiary alicyclic amines) is 1. The van der Waals surface area contributed by atoms with Crippen LogP contribution in [0.3, 0.4) is 0 Å². The van der Waals surface area contributed by atoms with Crippen LogP contribution < -0.4 is 0 Å². The standard InChI is InChI=1S/C16H23FN/c1-2-5-16-6-3-4-12-18(16)13-11-14-7-9-15(17)10-8-14/h2,7-10,16H,3-6,11-13H2,1H3. The maximum Gasteiger partial charge on any atom is 0.123 e. The molecule has 1 fully saturated rings. The lowest BCUT2D eigenvalue weighted by Gasteiger charge is -2.35.